The molecule has 6 heteroatoms. The standard InChI is InChI=1S/C16H15NO5/c1-4-6-11(16(20)21-3)13(17-2)10-22-15-8-5-7-14(19)12(15)9-18/h1,5-9,19H,10H2,2-3H3/b11-6+,17-13-. The molecular formula is C16H15NO5. The van der Waals surface area contributed by atoms with Gasteiger partial charge in [0.05, 0.1) is 24.0 Å². The summed E-state index contributed by atoms with van der Waals surface area (Å²) in [6, 6.07) is 4.40. The van der Waals surface area contributed by atoms with Gasteiger partial charge in [0.1, 0.15) is 18.1 Å². The number of carbonyl (C=O) groups excluding carboxylic acids is 2. The molecule has 0 saturated carbocycles. The van der Waals surface area contributed by atoms with Gasteiger partial charge < -0.3 is 14.6 Å². The van der Waals surface area contributed by atoms with Crippen LogP contribution in [-0.4, -0.2) is 43.8 Å². The molecule has 1 aromatic carbocycles. The molecule has 114 valence electrons. The number of rotatable bonds is 6. The number of phenolic OH excluding ortho intramolecular Hbond substituents is 1. The number of nitrogens with zero attached hydrogens (tertiary/aromatic N) is 1. The van der Waals surface area contributed by atoms with E-state index in [9.17, 15) is 14.7 Å². The Kier molecular flexibility index (Phi) is 6.38. The monoisotopic (exact) mass is 301 g/mol. The molecule has 0 aromatic heterocycles. The van der Waals surface area contributed by atoms with Crippen LogP contribution >= 0.6 is 0 Å². The summed E-state index contributed by atoms with van der Waals surface area (Å²) in [4.78, 5) is 26.6. The molecule has 1 rings (SSSR count). The molecule has 1 aromatic rings. The molecular weight excluding hydrogens is 286 g/mol. The third-order valence-corrected chi connectivity index (χ3v) is 2.74. The van der Waals surface area contributed by atoms with E-state index in [1.54, 1.807) is 0 Å². The lowest BCUT2D eigenvalue weighted by atomic mass is 10.1. The number of ether oxygens (including phenoxy) is 2. The highest BCUT2D eigenvalue weighted by Crippen LogP contribution is 2.25. The fraction of sp³-hybridized carbons (Fsp3) is 0.188. The second-order valence-corrected chi connectivity index (χ2v) is 3.98. The third-order valence-electron chi connectivity index (χ3n) is 2.74. The average molecular weight is 301 g/mol. The van der Waals surface area contributed by atoms with Gasteiger partial charge in [0, 0.05) is 13.1 Å². The Bertz CT molecular complexity index is 668. The van der Waals surface area contributed by atoms with Crippen molar-refractivity contribution in [3.63, 3.8) is 0 Å². The maximum Gasteiger partial charge on any atom is 0.340 e. The summed E-state index contributed by atoms with van der Waals surface area (Å²) in [5.74, 6) is 1.56. The summed E-state index contributed by atoms with van der Waals surface area (Å²) in [6.45, 7) is -0.122. The van der Waals surface area contributed by atoms with Crippen LogP contribution in [0.25, 0.3) is 0 Å². The molecule has 22 heavy (non-hydrogen) atoms. The predicted molar refractivity (Wildman–Crippen MR) is 81.3 cm³/mol. The molecule has 0 atom stereocenters. The van der Waals surface area contributed by atoms with Crippen LogP contribution in [0.5, 0.6) is 11.5 Å². The van der Waals surface area contributed by atoms with Crippen molar-refractivity contribution in [1.29, 1.82) is 0 Å². The second kappa shape index (κ2) is 8.27. The number of allylic oxidation sites excluding steroid dienone is 1. The molecule has 6 nitrogen and oxygen atoms in total. The van der Waals surface area contributed by atoms with Crippen LogP contribution in [0.4, 0.5) is 0 Å². The van der Waals surface area contributed by atoms with Crippen molar-refractivity contribution in [3.05, 3.63) is 35.4 Å². The molecule has 0 aliphatic carbocycles. The molecule has 0 amide bonds. The summed E-state index contributed by atoms with van der Waals surface area (Å²) in [7, 11) is 2.69. The lowest BCUT2D eigenvalue weighted by Gasteiger charge is -2.12. The summed E-state index contributed by atoms with van der Waals surface area (Å²) >= 11 is 0. The molecule has 0 bridgehead atoms. The number of methoxy groups -OCH3 is 1. The van der Waals surface area contributed by atoms with Crippen LogP contribution in [-0.2, 0) is 9.53 Å². The lowest BCUT2D eigenvalue weighted by Crippen LogP contribution is -2.21. The van der Waals surface area contributed by atoms with Crippen molar-refractivity contribution in [1.82, 2.24) is 0 Å². The summed E-state index contributed by atoms with van der Waals surface area (Å²) in [5.41, 5.74) is 0.351. The minimum Gasteiger partial charge on any atom is -0.507 e. The molecule has 0 radical (unpaired) electrons. The van der Waals surface area contributed by atoms with Gasteiger partial charge in [0.15, 0.2) is 6.29 Å². The second-order valence-electron chi connectivity index (χ2n) is 3.98. The van der Waals surface area contributed by atoms with E-state index in [-0.39, 0.29) is 35.0 Å². The fourth-order valence-electron chi connectivity index (χ4n) is 1.64. The molecule has 0 aliphatic rings. The van der Waals surface area contributed by atoms with Crippen molar-refractivity contribution < 1.29 is 24.2 Å². The smallest absolute Gasteiger partial charge is 0.340 e. The summed E-state index contributed by atoms with van der Waals surface area (Å²) < 4.78 is 10.1. The van der Waals surface area contributed by atoms with Gasteiger partial charge in [-0.25, -0.2) is 4.79 Å². The number of esters is 1. The number of phenols is 1. The van der Waals surface area contributed by atoms with Gasteiger partial charge >= 0.3 is 5.97 Å². The van der Waals surface area contributed by atoms with Crippen LogP contribution < -0.4 is 4.74 Å². The topological polar surface area (TPSA) is 85.2 Å². The number of terminal acetylenes is 1. The van der Waals surface area contributed by atoms with Crippen molar-refractivity contribution in [2.24, 2.45) is 4.99 Å². The Morgan fingerprint density at radius 3 is 2.77 bits per heavy atom. The van der Waals surface area contributed by atoms with Gasteiger partial charge in [-0.05, 0) is 12.1 Å². The van der Waals surface area contributed by atoms with Crippen LogP contribution in [0.1, 0.15) is 10.4 Å². The summed E-state index contributed by atoms with van der Waals surface area (Å²) in [5, 5.41) is 9.58. The molecule has 0 spiro atoms. The van der Waals surface area contributed by atoms with E-state index in [0.29, 0.717) is 6.29 Å². The lowest BCUT2D eigenvalue weighted by molar-refractivity contribution is -0.135. The fourth-order valence-corrected chi connectivity index (χ4v) is 1.64. The molecule has 0 fully saturated rings. The van der Waals surface area contributed by atoms with Gasteiger partial charge in [-0.2, -0.15) is 0 Å². The minimum absolute atomic E-state index is 0.0125. The zero-order chi connectivity index (χ0) is 16.5. The zero-order valence-corrected chi connectivity index (χ0v) is 12.2. The first kappa shape index (κ1) is 17.0. The largest absolute Gasteiger partial charge is 0.507 e. The molecule has 0 aliphatic heterocycles. The first-order chi connectivity index (χ1) is 10.6. The van der Waals surface area contributed by atoms with E-state index in [1.165, 1.54) is 38.4 Å². The Balaban J connectivity index is 3.01. The van der Waals surface area contributed by atoms with E-state index in [4.69, 9.17) is 11.2 Å². The van der Waals surface area contributed by atoms with E-state index in [1.807, 2.05) is 0 Å². The van der Waals surface area contributed by atoms with Crippen LogP contribution in [0.15, 0.2) is 34.8 Å². The van der Waals surface area contributed by atoms with Crippen LogP contribution in [0.2, 0.25) is 0 Å². The molecule has 1 N–H and O–H groups in total. The third kappa shape index (κ3) is 3.96. The highest BCUT2D eigenvalue weighted by molar-refractivity contribution is 6.20. The van der Waals surface area contributed by atoms with Gasteiger partial charge in [0.25, 0.3) is 0 Å². The molecule has 0 heterocycles. The quantitative estimate of drug-likeness (QED) is 0.282. The van der Waals surface area contributed by atoms with Crippen molar-refractivity contribution in [2.75, 3.05) is 20.8 Å². The van der Waals surface area contributed by atoms with E-state index in [0.717, 1.165) is 0 Å². The van der Waals surface area contributed by atoms with Gasteiger partial charge in [-0.3, -0.25) is 9.79 Å². The normalized spacial score (nSPS) is 11.5. The maximum absolute atomic E-state index is 11.7. The van der Waals surface area contributed by atoms with Gasteiger partial charge in [-0.1, -0.05) is 12.0 Å². The SMILES string of the molecule is C#C/C=C(C(=O)OC)\C(COc1cccc(O)c1C=O)=N/C. The maximum atomic E-state index is 11.7. The number of hydrogen-bond donors (Lipinski definition) is 1. The number of carbonyl (C=O) groups is 2. The summed E-state index contributed by atoms with van der Waals surface area (Å²) in [6.07, 6.45) is 6.88. The number of benzene rings is 1. The number of hydrogen-bond acceptors (Lipinski definition) is 6. The van der Waals surface area contributed by atoms with E-state index in [2.05, 4.69) is 15.6 Å². The Labute approximate surface area is 128 Å². The van der Waals surface area contributed by atoms with Crippen molar-refractivity contribution in [3.8, 4) is 23.8 Å². The van der Waals surface area contributed by atoms with Crippen LogP contribution in [0, 0.1) is 12.3 Å². The molecule has 0 saturated heterocycles. The number of aromatic hydroxyl groups is 1. The zero-order valence-electron chi connectivity index (χ0n) is 12.2. The highest BCUT2D eigenvalue weighted by Gasteiger charge is 2.17. The highest BCUT2D eigenvalue weighted by atomic mass is 16.5. The first-order valence-electron chi connectivity index (χ1n) is 6.19. The van der Waals surface area contributed by atoms with Crippen molar-refractivity contribution >= 4 is 18.0 Å². The molecule has 0 unspecified atom stereocenters. The van der Waals surface area contributed by atoms with Gasteiger partial charge in [-0.15, -0.1) is 6.42 Å². The minimum atomic E-state index is -0.645. The number of aliphatic imine (C=N–C) groups is 1. The average Bonchev–Trinajstić information content (AvgIpc) is 2.53. The van der Waals surface area contributed by atoms with E-state index >= 15 is 0 Å². The Morgan fingerprint density at radius 1 is 1.50 bits per heavy atom. The number of aldehydes is 1. The predicted octanol–water partition coefficient (Wildman–Crippen LogP) is 1.39. The Hall–Kier alpha value is -3.07. The van der Waals surface area contributed by atoms with Gasteiger partial charge in [0.2, 0.25) is 0 Å². The van der Waals surface area contributed by atoms with Crippen LogP contribution in [0.3, 0.4) is 0 Å². The first-order valence-corrected chi connectivity index (χ1v) is 6.19. The Morgan fingerprint density at radius 2 is 2.23 bits per heavy atom. The van der Waals surface area contributed by atoms with E-state index < -0.39 is 5.97 Å². The van der Waals surface area contributed by atoms with Crippen molar-refractivity contribution in [2.45, 2.75) is 0 Å².